The molecule has 272 valence electrons. The van der Waals surface area contributed by atoms with E-state index in [2.05, 4.69) is 9.97 Å². The second-order valence-corrected chi connectivity index (χ2v) is 14.6. The van der Waals surface area contributed by atoms with Crippen LogP contribution in [0, 0.1) is 0 Å². The highest BCUT2D eigenvalue weighted by atomic mass is 32.2. The zero-order valence-electron chi connectivity index (χ0n) is 25.6. The van der Waals surface area contributed by atoms with Crippen molar-refractivity contribution in [1.29, 1.82) is 0 Å². The summed E-state index contributed by atoms with van der Waals surface area (Å²) in [6.45, 7) is 3.70. The maximum atomic E-state index is 12.9. The van der Waals surface area contributed by atoms with Gasteiger partial charge in [-0.1, -0.05) is 28.7 Å². The van der Waals surface area contributed by atoms with Crippen molar-refractivity contribution in [2.45, 2.75) is 64.4 Å². The van der Waals surface area contributed by atoms with Crippen molar-refractivity contribution >= 4 is 25.5 Å². The quantitative estimate of drug-likeness (QED) is 0.154. The first-order valence-electron chi connectivity index (χ1n) is 13.6. The molecule has 0 radical (unpaired) electrons. The lowest BCUT2D eigenvalue weighted by atomic mass is 10.1. The summed E-state index contributed by atoms with van der Waals surface area (Å²) in [6.07, 6.45) is -6.70. The summed E-state index contributed by atoms with van der Waals surface area (Å²) in [7, 11) is -4.77. The molecule has 0 aliphatic rings. The molecule has 0 saturated carbocycles. The van der Waals surface area contributed by atoms with Gasteiger partial charge in [0, 0.05) is 32.1 Å². The van der Waals surface area contributed by atoms with Crippen LogP contribution in [0.15, 0.2) is 58.6 Å². The molecule has 0 aliphatic carbocycles. The third-order valence-corrected chi connectivity index (χ3v) is 10.7. The summed E-state index contributed by atoms with van der Waals surface area (Å²) in [5.41, 5.74) is -1.35. The van der Waals surface area contributed by atoms with Crippen LogP contribution >= 0.6 is 0 Å². The Bertz CT molecular complexity index is 2020. The van der Waals surface area contributed by atoms with E-state index in [4.69, 9.17) is 0 Å². The van der Waals surface area contributed by atoms with Crippen LogP contribution in [0.2, 0.25) is 0 Å². The Morgan fingerprint density at radius 1 is 0.735 bits per heavy atom. The van der Waals surface area contributed by atoms with Crippen LogP contribution in [0.5, 0.6) is 0 Å². The molecule has 0 bridgehead atoms. The van der Waals surface area contributed by atoms with Crippen LogP contribution in [-0.4, -0.2) is 58.3 Å². The average Bonchev–Trinajstić information content (AvgIpc) is 3.57. The predicted molar refractivity (Wildman–Crippen MR) is 172 cm³/mol. The highest BCUT2D eigenvalue weighted by Gasteiger charge is 2.34. The van der Waals surface area contributed by atoms with E-state index < -0.39 is 52.9 Å². The number of Topliss-reactive ketones (excluding diaryl/α,β-unsaturated/α-hetero) is 1. The second-order valence-electron chi connectivity index (χ2n) is 10.1. The van der Waals surface area contributed by atoms with E-state index >= 15 is 0 Å². The number of aliphatic hydroxyl groups excluding tert-OH is 1. The highest BCUT2D eigenvalue weighted by molar-refractivity contribution is 7.91. The van der Waals surface area contributed by atoms with Crippen LogP contribution < -0.4 is 0 Å². The van der Waals surface area contributed by atoms with E-state index in [-0.39, 0.29) is 67.2 Å². The largest absolute Gasteiger partial charge is 0.416 e. The molecule has 0 unspecified atom stereocenters. The van der Waals surface area contributed by atoms with Gasteiger partial charge in [-0.05, 0) is 36.4 Å². The number of hydrogen-bond donors (Lipinski definition) is 1. The zero-order valence-corrected chi connectivity index (χ0v) is 27.2. The molecule has 2 aromatic heterocycles. The van der Waals surface area contributed by atoms with Crippen molar-refractivity contribution in [3.05, 3.63) is 71.3 Å². The summed E-state index contributed by atoms with van der Waals surface area (Å²) in [5, 5.41) is 9.18. The lowest BCUT2D eigenvalue weighted by Crippen LogP contribution is -2.12. The molecule has 0 atom stereocenters. The molecule has 0 aliphatic heterocycles. The molecular weight excluding hydrogens is 702 g/mol. The van der Waals surface area contributed by atoms with E-state index in [9.17, 15) is 53.1 Å². The second kappa shape index (κ2) is 15.7. The summed E-state index contributed by atoms with van der Waals surface area (Å²) in [5.74, 6) is -0.692. The number of carbonyl (C=O) groups is 1. The molecule has 49 heavy (non-hydrogen) atoms. The lowest BCUT2D eigenvalue weighted by Gasteiger charge is -2.14. The first kappa shape index (κ1) is 43.0. The Hall–Kier alpha value is -4.03. The fourth-order valence-corrected chi connectivity index (χ4v) is 6.65. The smallest absolute Gasteiger partial charge is 0.390 e. The van der Waals surface area contributed by atoms with E-state index in [0.29, 0.717) is 17.8 Å². The van der Waals surface area contributed by atoms with Gasteiger partial charge in [-0.2, -0.15) is 26.3 Å². The number of halogens is 6. The normalized spacial score (nSPS) is 12.0. The Labute approximate surface area is 281 Å². The third-order valence-electron chi connectivity index (χ3n) is 7.13. The summed E-state index contributed by atoms with van der Waals surface area (Å²) in [4.78, 5) is 18.6. The van der Waals surface area contributed by atoms with Crippen LogP contribution in [0.3, 0.4) is 0 Å². The van der Waals surface area contributed by atoms with Crippen molar-refractivity contribution in [3.8, 4) is 22.8 Å². The first-order valence-corrected chi connectivity index (χ1v) is 16.9. The van der Waals surface area contributed by atoms with Crippen LogP contribution in [0.25, 0.3) is 22.8 Å². The van der Waals surface area contributed by atoms with Crippen LogP contribution in [0.1, 0.15) is 62.9 Å². The standard InChI is InChI=1S/C15H15F3N2O3S.C14H15F3N2O3S.2CH4/c1-4-24(22,23)13-7-10(15(16,17)18)5-6-11(13)14-19-8-12(9(2)21)20(14)3;1-3-23(21,22)12-6-9(14(15,16)17)4-5-11(12)13-18-7-10(8-20)19(13)2;;/h5-8H,4H2,1-3H3;4-7,20H,3,8H2,1-2H3;2*1H4. The van der Waals surface area contributed by atoms with Crippen molar-refractivity contribution in [2.24, 2.45) is 14.1 Å². The summed E-state index contributed by atoms with van der Waals surface area (Å²) < 4.78 is 129. The number of rotatable bonds is 8. The van der Waals surface area contributed by atoms with Crippen LogP contribution in [-0.2, 0) is 52.7 Å². The summed E-state index contributed by atoms with van der Waals surface area (Å²) >= 11 is 0. The average molecular weight is 741 g/mol. The Balaban J connectivity index is 0.000000471. The molecular formula is C31H38F6N4O6S2. The Morgan fingerprint density at radius 2 is 1.12 bits per heavy atom. The SMILES string of the molecule is C.C.CCS(=O)(=O)c1cc(C(F)(F)F)ccc1-c1ncc(C(C)=O)n1C.CCS(=O)(=O)c1cc(C(F)(F)F)ccc1-c1ncc(CO)n1C. The van der Waals surface area contributed by atoms with E-state index in [1.54, 1.807) is 7.05 Å². The molecule has 0 amide bonds. The minimum absolute atomic E-state index is 0. The predicted octanol–water partition coefficient (Wildman–Crippen LogP) is 6.77. The maximum absolute atomic E-state index is 12.9. The number of carbonyl (C=O) groups excluding carboxylic acids is 1. The lowest BCUT2D eigenvalue weighted by molar-refractivity contribution is -0.138. The van der Waals surface area contributed by atoms with Gasteiger partial charge in [0.2, 0.25) is 0 Å². The third kappa shape index (κ3) is 9.16. The fourth-order valence-electron chi connectivity index (χ4n) is 4.42. The molecule has 1 N–H and O–H groups in total. The number of ketones is 1. The maximum Gasteiger partial charge on any atom is 0.416 e. The number of alkyl halides is 6. The topological polar surface area (TPSA) is 141 Å². The number of benzene rings is 2. The van der Waals surface area contributed by atoms with Gasteiger partial charge < -0.3 is 14.2 Å². The van der Waals surface area contributed by atoms with Gasteiger partial charge in [0.1, 0.15) is 17.3 Å². The number of aromatic nitrogens is 4. The van der Waals surface area contributed by atoms with Crippen molar-refractivity contribution in [1.82, 2.24) is 19.1 Å². The van der Waals surface area contributed by atoms with Gasteiger partial charge in [-0.3, -0.25) is 4.79 Å². The van der Waals surface area contributed by atoms with E-state index in [1.165, 1.54) is 49.3 Å². The van der Waals surface area contributed by atoms with Gasteiger partial charge in [0.15, 0.2) is 25.5 Å². The van der Waals surface area contributed by atoms with Gasteiger partial charge in [0.25, 0.3) is 0 Å². The minimum Gasteiger partial charge on any atom is -0.390 e. The van der Waals surface area contributed by atoms with Crippen molar-refractivity contribution < 1.29 is 53.1 Å². The van der Waals surface area contributed by atoms with Gasteiger partial charge >= 0.3 is 12.4 Å². The monoisotopic (exact) mass is 740 g/mol. The zero-order chi connectivity index (χ0) is 35.7. The number of nitrogens with zero attached hydrogens (tertiary/aromatic N) is 4. The highest BCUT2D eigenvalue weighted by Crippen LogP contribution is 2.37. The first-order chi connectivity index (χ1) is 21.6. The molecule has 2 heterocycles. The number of hydrogen-bond acceptors (Lipinski definition) is 8. The van der Waals surface area contributed by atoms with Crippen molar-refractivity contribution in [3.63, 3.8) is 0 Å². The Kier molecular flexibility index (Phi) is 13.8. The molecule has 4 rings (SSSR count). The Morgan fingerprint density at radius 3 is 1.43 bits per heavy atom. The number of imidazole rings is 2. The number of sulfone groups is 2. The minimum atomic E-state index is -4.66. The van der Waals surface area contributed by atoms with E-state index in [0.717, 1.165) is 24.3 Å². The summed E-state index contributed by atoms with van der Waals surface area (Å²) in [6, 6.07) is 5.01. The fraction of sp³-hybridized carbons (Fsp3) is 0.387. The van der Waals surface area contributed by atoms with E-state index in [1.807, 2.05) is 0 Å². The molecule has 0 fully saturated rings. The molecule has 2 aromatic carbocycles. The van der Waals surface area contributed by atoms with Gasteiger partial charge in [-0.25, -0.2) is 26.8 Å². The molecule has 0 saturated heterocycles. The van der Waals surface area contributed by atoms with Crippen molar-refractivity contribution in [2.75, 3.05) is 11.5 Å². The molecule has 10 nitrogen and oxygen atoms in total. The van der Waals surface area contributed by atoms with Gasteiger partial charge in [0.05, 0.1) is 57.1 Å². The van der Waals surface area contributed by atoms with Crippen LogP contribution in [0.4, 0.5) is 26.3 Å². The molecule has 0 spiro atoms. The molecule has 4 aromatic rings. The number of aliphatic hydroxyl groups is 1. The van der Waals surface area contributed by atoms with Gasteiger partial charge in [-0.15, -0.1) is 0 Å². The molecule has 18 heteroatoms.